The molecule has 2 rings (SSSR count). The van der Waals surface area contributed by atoms with E-state index >= 15 is 0 Å². The second-order valence-corrected chi connectivity index (χ2v) is 7.06. The molecule has 0 saturated carbocycles. The second kappa shape index (κ2) is 6.13. The van der Waals surface area contributed by atoms with E-state index in [0.717, 1.165) is 12.1 Å². The van der Waals surface area contributed by atoms with Crippen LogP contribution in [0.4, 0.5) is 8.78 Å². The summed E-state index contributed by atoms with van der Waals surface area (Å²) >= 11 is 0. The van der Waals surface area contributed by atoms with Gasteiger partial charge in [-0.3, -0.25) is 0 Å². The third kappa shape index (κ3) is 3.50. The molecule has 0 aliphatic rings. The molecule has 22 heavy (non-hydrogen) atoms. The summed E-state index contributed by atoms with van der Waals surface area (Å²) in [5.41, 5.74) is 0. The largest absolute Gasteiger partial charge is 0.337 e. The van der Waals surface area contributed by atoms with Crippen LogP contribution < -0.4 is 4.72 Å². The zero-order valence-electron chi connectivity index (χ0n) is 12.4. The first-order valence-electron chi connectivity index (χ1n) is 6.66. The molecule has 8 heteroatoms. The van der Waals surface area contributed by atoms with Crippen LogP contribution >= 0.6 is 0 Å². The fourth-order valence-corrected chi connectivity index (χ4v) is 3.47. The Bertz CT molecular complexity index is 752. The molecule has 1 aromatic carbocycles. The molecule has 0 aliphatic heterocycles. The number of nitrogens with one attached hydrogen (secondary N) is 1. The van der Waals surface area contributed by atoms with Gasteiger partial charge in [0.25, 0.3) is 0 Å². The van der Waals surface area contributed by atoms with Gasteiger partial charge in [0.15, 0.2) is 0 Å². The third-order valence-corrected chi connectivity index (χ3v) is 4.65. The molecule has 0 aliphatic carbocycles. The predicted molar refractivity (Wildman–Crippen MR) is 77.5 cm³/mol. The summed E-state index contributed by atoms with van der Waals surface area (Å²) in [6.07, 6.45) is 3.25. The molecule has 0 fully saturated rings. The number of aromatic nitrogens is 2. The fraction of sp³-hybridized carbons (Fsp3) is 0.357. The van der Waals surface area contributed by atoms with Gasteiger partial charge in [-0.2, -0.15) is 0 Å². The summed E-state index contributed by atoms with van der Waals surface area (Å²) in [4.78, 5) is 3.68. The summed E-state index contributed by atoms with van der Waals surface area (Å²) in [7, 11) is -2.33. The van der Waals surface area contributed by atoms with E-state index in [-0.39, 0.29) is 5.92 Å². The molecule has 120 valence electrons. The smallest absolute Gasteiger partial charge is 0.241 e. The van der Waals surface area contributed by atoms with Crippen molar-refractivity contribution in [1.82, 2.24) is 14.3 Å². The predicted octanol–water partition coefficient (Wildman–Crippen LogP) is 2.37. The lowest BCUT2D eigenvalue weighted by atomic mass is 10.1. The van der Waals surface area contributed by atoms with Crippen molar-refractivity contribution in [3.05, 3.63) is 48.1 Å². The Morgan fingerprint density at radius 3 is 2.23 bits per heavy atom. The van der Waals surface area contributed by atoms with Crippen molar-refractivity contribution < 1.29 is 17.2 Å². The highest BCUT2D eigenvalue weighted by atomic mass is 32.2. The number of rotatable bonds is 5. The fourth-order valence-electron chi connectivity index (χ4n) is 2.08. The molecule has 0 radical (unpaired) electrons. The Balaban J connectivity index is 2.39. The topological polar surface area (TPSA) is 64.0 Å². The summed E-state index contributed by atoms with van der Waals surface area (Å²) < 4.78 is 55.4. The normalized spacial score (nSPS) is 13.5. The van der Waals surface area contributed by atoms with Gasteiger partial charge in [-0.05, 0) is 18.1 Å². The van der Waals surface area contributed by atoms with Crippen LogP contribution in [0, 0.1) is 17.6 Å². The second-order valence-electron chi connectivity index (χ2n) is 5.34. The highest BCUT2D eigenvalue weighted by Crippen LogP contribution is 2.23. The van der Waals surface area contributed by atoms with E-state index in [4.69, 9.17) is 0 Å². The minimum atomic E-state index is -4.08. The van der Waals surface area contributed by atoms with Gasteiger partial charge in [0.1, 0.15) is 17.5 Å². The summed E-state index contributed by atoms with van der Waals surface area (Å²) in [5, 5.41) is 0. The van der Waals surface area contributed by atoms with Gasteiger partial charge >= 0.3 is 0 Å². The number of benzene rings is 1. The van der Waals surface area contributed by atoms with Crippen molar-refractivity contribution in [2.24, 2.45) is 13.0 Å². The maximum absolute atomic E-state index is 13.2. The minimum absolute atomic E-state index is 0.103. The lowest BCUT2D eigenvalue weighted by molar-refractivity contribution is 0.434. The van der Waals surface area contributed by atoms with Crippen molar-refractivity contribution in [3.63, 3.8) is 0 Å². The van der Waals surface area contributed by atoms with Crippen LogP contribution in [0.5, 0.6) is 0 Å². The molecule has 0 bridgehead atoms. The lowest BCUT2D eigenvalue weighted by Gasteiger charge is -2.22. The van der Waals surface area contributed by atoms with Crippen LogP contribution in [0.1, 0.15) is 25.7 Å². The van der Waals surface area contributed by atoms with Crippen LogP contribution in [0.25, 0.3) is 0 Å². The van der Waals surface area contributed by atoms with Gasteiger partial charge in [0, 0.05) is 25.5 Å². The van der Waals surface area contributed by atoms with Crippen LogP contribution in [0.2, 0.25) is 0 Å². The first-order chi connectivity index (χ1) is 10.2. The number of hydrogen-bond donors (Lipinski definition) is 1. The molecule has 0 amide bonds. The molecule has 0 spiro atoms. The van der Waals surface area contributed by atoms with E-state index in [1.54, 1.807) is 24.0 Å². The van der Waals surface area contributed by atoms with E-state index in [1.165, 1.54) is 0 Å². The molecule has 1 heterocycles. The quantitative estimate of drug-likeness (QED) is 0.916. The Labute approximate surface area is 128 Å². The molecular weight excluding hydrogens is 312 g/mol. The van der Waals surface area contributed by atoms with Crippen LogP contribution in [-0.2, 0) is 17.1 Å². The van der Waals surface area contributed by atoms with Gasteiger partial charge in [0.05, 0.1) is 10.9 Å². The summed E-state index contributed by atoms with van der Waals surface area (Å²) in [6, 6.07) is 1.57. The average Bonchev–Trinajstić information content (AvgIpc) is 2.80. The molecule has 1 unspecified atom stereocenters. The first kappa shape index (κ1) is 16.6. The SMILES string of the molecule is CC(C)C(NS(=O)(=O)c1cc(F)cc(F)c1)c1nccn1C. The van der Waals surface area contributed by atoms with Gasteiger partial charge in [0.2, 0.25) is 10.0 Å². The zero-order valence-corrected chi connectivity index (χ0v) is 13.2. The van der Waals surface area contributed by atoms with E-state index in [1.807, 2.05) is 13.8 Å². The number of aryl methyl sites for hydroxylation is 1. The van der Waals surface area contributed by atoms with Crippen LogP contribution in [0.3, 0.4) is 0 Å². The molecule has 2 aromatic rings. The minimum Gasteiger partial charge on any atom is -0.337 e. The Hall–Kier alpha value is -1.80. The van der Waals surface area contributed by atoms with Crippen LogP contribution in [-0.4, -0.2) is 18.0 Å². The number of sulfonamides is 1. The highest BCUT2D eigenvalue weighted by Gasteiger charge is 2.27. The Morgan fingerprint density at radius 1 is 1.18 bits per heavy atom. The third-order valence-electron chi connectivity index (χ3n) is 3.23. The van der Waals surface area contributed by atoms with Crippen molar-refractivity contribution in [3.8, 4) is 0 Å². The van der Waals surface area contributed by atoms with E-state index in [9.17, 15) is 17.2 Å². The van der Waals surface area contributed by atoms with Crippen LogP contribution in [0.15, 0.2) is 35.5 Å². The lowest BCUT2D eigenvalue weighted by Crippen LogP contribution is -2.33. The van der Waals surface area contributed by atoms with Gasteiger partial charge in [-0.25, -0.2) is 26.9 Å². The summed E-state index contributed by atoms with van der Waals surface area (Å²) in [5.74, 6) is -1.47. The molecule has 1 aromatic heterocycles. The van der Waals surface area contributed by atoms with Gasteiger partial charge in [-0.15, -0.1) is 0 Å². The van der Waals surface area contributed by atoms with E-state index in [2.05, 4.69) is 9.71 Å². The molecular formula is C14H17F2N3O2S. The number of hydrogen-bond acceptors (Lipinski definition) is 3. The molecule has 0 saturated heterocycles. The molecule has 1 N–H and O–H groups in total. The van der Waals surface area contributed by atoms with Crippen molar-refractivity contribution >= 4 is 10.0 Å². The maximum Gasteiger partial charge on any atom is 0.241 e. The maximum atomic E-state index is 13.2. The number of nitrogens with zero attached hydrogens (tertiary/aromatic N) is 2. The van der Waals surface area contributed by atoms with E-state index in [0.29, 0.717) is 11.9 Å². The van der Waals surface area contributed by atoms with Gasteiger partial charge in [-0.1, -0.05) is 13.8 Å². The standard InChI is InChI=1S/C14H17F2N3O2S/c1-9(2)13(14-17-4-5-19(14)3)18-22(20,21)12-7-10(15)6-11(16)8-12/h4-9,13,18H,1-3H3. The monoisotopic (exact) mass is 329 g/mol. The van der Waals surface area contributed by atoms with E-state index < -0.39 is 32.6 Å². The highest BCUT2D eigenvalue weighted by molar-refractivity contribution is 7.89. The average molecular weight is 329 g/mol. The summed E-state index contributed by atoms with van der Waals surface area (Å²) in [6.45, 7) is 3.65. The van der Waals surface area contributed by atoms with Crippen molar-refractivity contribution in [2.75, 3.05) is 0 Å². The zero-order chi connectivity index (χ0) is 16.5. The van der Waals surface area contributed by atoms with Crippen molar-refractivity contribution in [2.45, 2.75) is 24.8 Å². The molecule has 1 atom stereocenters. The van der Waals surface area contributed by atoms with Crippen molar-refractivity contribution in [1.29, 1.82) is 0 Å². The number of halogens is 2. The Morgan fingerprint density at radius 2 is 1.77 bits per heavy atom. The Kier molecular flexibility index (Phi) is 4.62. The van der Waals surface area contributed by atoms with Gasteiger partial charge < -0.3 is 4.57 Å². The molecule has 5 nitrogen and oxygen atoms in total. The number of imidazole rings is 1. The first-order valence-corrected chi connectivity index (χ1v) is 8.14.